The van der Waals surface area contributed by atoms with E-state index in [2.05, 4.69) is 10.6 Å². The molecule has 1 aromatic heterocycles. The molecule has 2 heterocycles. The standard InChI is InChI=1S/C37H50N4O8/c1-6-47-34(42)28-23(4)40(37(45)39-31(28)24-19-21-27(46-5)22-20-24)33-30(36(44)49-8-3)29(35(43)48-7-2)32(38-25-15-11-9-12-16-25)41(33)26-17-13-10-14-18-26/h19-22,25-26,31,38H,6-18H2,1-5H3,(H,39,45). The quantitative estimate of drug-likeness (QED) is 0.176. The average molecular weight is 679 g/mol. The Kier molecular flexibility index (Phi) is 11.9. The van der Waals surface area contributed by atoms with E-state index in [4.69, 9.17) is 18.9 Å². The molecule has 49 heavy (non-hydrogen) atoms. The lowest BCUT2D eigenvalue weighted by Gasteiger charge is -2.38. The van der Waals surface area contributed by atoms with Crippen molar-refractivity contribution in [3.63, 3.8) is 0 Å². The predicted molar refractivity (Wildman–Crippen MR) is 185 cm³/mol. The maximum Gasteiger partial charge on any atom is 0.342 e. The Hall–Kier alpha value is -4.48. The molecule has 2 saturated carbocycles. The Bertz CT molecular complexity index is 1550. The number of benzene rings is 1. The van der Waals surface area contributed by atoms with Gasteiger partial charge in [-0.15, -0.1) is 0 Å². The largest absolute Gasteiger partial charge is 0.497 e. The highest BCUT2D eigenvalue weighted by Gasteiger charge is 2.45. The number of nitrogens with zero attached hydrogens (tertiary/aromatic N) is 2. The van der Waals surface area contributed by atoms with Crippen molar-refractivity contribution < 1.29 is 38.1 Å². The number of allylic oxidation sites excluding steroid dienone is 1. The summed E-state index contributed by atoms with van der Waals surface area (Å²) in [6.07, 6.45) is 9.55. The Morgan fingerprint density at radius 3 is 1.92 bits per heavy atom. The number of esters is 3. The van der Waals surface area contributed by atoms with Crippen LogP contribution >= 0.6 is 0 Å². The number of aromatic nitrogens is 1. The van der Waals surface area contributed by atoms with Crippen LogP contribution in [0.25, 0.3) is 0 Å². The van der Waals surface area contributed by atoms with Crippen molar-refractivity contribution >= 4 is 35.6 Å². The third-order valence-corrected chi connectivity index (χ3v) is 9.67. The first-order chi connectivity index (χ1) is 23.7. The van der Waals surface area contributed by atoms with Crippen LogP contribution < -0.4 is 20.3 Å². The lowest BCUT2D eigenvalue weighted by Crippen LogP contribution is -2.49. The van der Waals surface area contributed by atoms with Crippen LogP contribution in [0.5, 0.6) is 5.75 Å². The minimum absolute atomic E-state index is 0.0435. The van der Waals surface area contributed by atoms with E-state index in [1.807, 2.05) is 4.57 Å². The van der Waals surface area contributed by atoms with Crippen molar-refractivity contribution in [2.24, 2.45) is 0 Å². The molecule has 0 spiro atoms. The number of rotatable bonds is 12. The predicted octanol–water partition coefficient (Wildman–Crippen LogP) is 7.21. The van der Waals surface area contributed by atoms with Crippen molar-refractivity contribution in [1.82, 2.24) is 9.88 Å². The zero-order chi connectivity index (χ0) is 35.1. The molecule has 1 aromatic carbocycles. The summed E-state index contributed by atoms with van der Waals surface area (Å²) in [4.78, 5) is 57.7. The molecule has 12 heteroatoms. The minimum atomic E-state index is -0.845. The third kappa shape index (κ3) is 7.43. The molecular weight excluding hydrogens is 628 g/mol. The van der Waals surface area contributed by atoms with Gasteiger partial charge in [-0.2, -0.15) is 0 Å². The SMILES string of the molecule is CCOC(=O)C1=C(C)N(c2c(C(=O)OCC)c(C(=O)OCC)c(NC3CCCCC3)n2C2CCCCC2)C(=O)NC1c1ccc(OC)cc1. The number of ether oxygens (including phenoxy) is 4. The van der Waals surface area contributed by atoms with E-state index < -0.39 is 30.0 Å². The molecule has 2 aromatic rings. The highest BCUT2D eigenvalue weighted by molar-refractivity contribution is 6.14. The first-order valence-corrected chi connectivity index (χ1v) is 17.8. The molecule has 0 bridgehead atoms. The molecule has 0 saturated heterocycles. The fraction of sp³-hybridized carbons (Fsp3) is 0.568. The summed E-state index contributed by atoms with van der Waals surface area (Å²) < 4.78 is 24.0. The smallest absolute Gasteiger partial charge is 0.342 e. The van der Waals surface area contributed by atoms with E-state index in [0.717, 1.165) is 64.2 Å². The van der Waals surface area contributed by atoms with Gasteiger partial charge in [0.25, 0.3) is 0 Å². The molecular formula is C37H50N4O8. The van der Waals surface area contributed by atoms with Gasteiger partial charge in [0.05, 0.1) is 38.5 Å². The van der Waals surface area contributed by atoms with Gasteiger partial charge in [0.15, 0.2) is 0 Å². The summed E-state index contributed by atoms with van der Waals surface area (Å²) >= 11 is 0. The molecule has 1 atom stereocenters. The lowest BCUT2D eigenvalue weighted by molar-refractivity contribution is -0.139. The van der Waals surface area contributed by atoms with Crippen LogP contribution in [-0.4, -0.2) is 61.5 Å². The Balaban J connectivity index is 1.82. The molecule has 12 nitrogen and oxygen atoms in total. The summed E-state index contributed by atoms with van der Waals surface area (Å²) in [5, 5.41) is 6.67. The number of carbonyl (C=O) groups is 4. The molecule has 2 fully saturated rings. The number of hydrogen-bond donors (Lipinski definition) is 2. The van der Waals surface area contributed by atoms with Crippen LogP contribution in [0.15, 0.2) is 35.5 Å². The molecule has 5 rings (SSSR count). The lowest BCUT2D eigenvalue weighted by atomic mass is 9.94. The van der Waals surface area contributed by atoms with Crippen LogP contribution in [0.3, 0.4) is 0 Å². The molecule has 2 amide bonds. The molecule has 2 aliphatic carbocycles. The fourth-order valence-corrected chi connectivity index (χ4v) is 7.39. The minimum Gasteiger partial charge on any atom is -0.497 e. The summed E-state index contributed by atoms with van der Waals surface area (Å²) in [6, 6.07) is 5.59. The molecule has 0 radical (unpaired) electrons. The number of nitrogens with one attached hydrogen (secondary N) is 2. The second kappa shape index (κ2) is 16.3. The van der Waals surface area contributed by atoms with Gasteiger partial charge in [-0.1, -0.05) is 50.7 Å². The third-order valence-electron chi connectivity index (χ3n) is 9.67. The van der Waals surface area contributed by atoms with Gasteiger partial charge < -0.3 is 34.1 Å². The van der Waals surface area contributed by atoms with Crippen LogP contribution in [-0.2, 0) is 19.0 Å². The molecule has 1 unspecified atom stereocenters. The summed E-state index contributed by atoms with van der Waals surface area (Å²) in [5.41, 5.74) is 1.11. The van der Waals surface area contributed by atoms with Gasteiger partial charge in [-0.05, 0) is 71.1 Å². The van der Waals surface area contributed by atoms with E-state index in [0.29, 0.717) is 17.1 Å². The van der Waals surface area contributed by atoms with Crippen LogP contribution in [0, 0.1) is 0 Å². The van der Waals surface area contributed by atoms with Crippen molar-refractivity contribution in [3.8, 4) is 5.75 Å². The zero-order valence-electron chi connectivity index (χ0n) is 29.4. The van der Waals surface area contributed by atoms with E-state index in [-0.39, 0.29) is 60.1 Å². The first-order valence-electron chi connectivity index (χ1n) is 17.8. The number of hydrogen-bond acceptors (Lipinski definition) is 9. The number of amides is 2. The number of anilines is 2. The van der Waals surface area contributed by atoms with Crippen LogP contribution in [0.1, 0.15) is 130 Å². The van der Waals surface area contributed by atoms with Gasteiger partial charge in [-0.25, -0.2) is 19.2 Å². The maximum atomic E-state index is 14.5. The Morgan fingerprint density at radius 2 is 1.35 bits per heavy atom. The first kappa shape index (κ1) is 35.8. The number of methoxy groups -OCH3 is 1. The van der Waals surface area contributed by atoms with Gasteiger partial charge in [0.1, 0.15) is 28.5 Å². The highest BCUT2D eigenvalue weighted by atomic mass is 16.5. The van der Waals surface area contributed by atoms with Crippen molar-refractivity contribution in [2.45, 2.75) is 110 Å². The summed E-state index contributed by atoms with van der Waals surface area (Å²) in [7, 11) is 1.56. The van der Waals surface area contributed by atoms with Crippen molar-refractivity contribution in [2.75, 3.05) is 37.1 Å². The van der Waals surface area contributed by atoms with Gasteiger partial charge in [-0.3, -0.25) is 4.90 Å². The molecule has 1 aliphatic heterocycles. The van der Waals surface area contributed by atoms with E-state index in [1.54, 1.807) is 59.1 Å². The van der Waals surface area contributed by atoms with Crippen LogP contribution in [0.4, 0.5) is 16.4 Å². The normalized spacial score (nSPS) is 18.9. The van der Waals surface area contributed by atoms with Gasteiger partial charge in [0, 0.05) is 17.8 Å². The van der Waals surface area contributed by atoms with Gasteiger partial charge in [0.2, 0.25) is 0 Å². The summed E-state index contributed by atoms with van der Waals surface area (Å²) in [6.45, 7) is 7.06. The molecule has 2 N–H and O–H groups in total. The van der Waals surface area contributed by atoms with Crippen molar-refractivity contribution in [1.29, 1.82) is 0 Å². The topological polar surface area (TPSA) is 137 Å². The zero-order valence-corrected chi connectivity index (χ0v) is 29.4. The molecule has 3 aliphatic rings. The number of urea groups is 1. The van der Waals surface area contributed by atoms with E-state index in [1.165, 1.54) is 4.90 Å². The second-order valence-electron chi connectivity index (χ2n) is 12.7. The second-order valence-corrected chi connectivity index (χ2v) is 12.7. The Morgan fingerprint density at radius 1 is 0.796 bits per heavy atom. The highest BCUT2D eigenvalue weighted by Crippen LogP contribution is 2.46. The fourth-order valence-electron chi connectivity index (χ4n) is 7.39. The Labute approximate surface area is 288 Å². The monoisotopic (exact) mass is 678 g/mol. The van der Waals surface area contributed by atoms with Gasteiger partial charge >= 0.3 is 23.9 Å². The number of carbonyl (C=O) groups excluding carboxylic acids is 4. The van der Waals surface area contributed by atoms with E-state index in [9.17, 15) is 19.2 Å². The summed E-state index contributed by atoms with van der Waals surface area (Å²) in [5.74, 6) is -0.786. The average Bonchev–Trinajstić information content (AvgIpc) is 3.43. The van der Waals surface area contributed by atoms with Crippen molar-refractivity contribution in [3.05, 3.63) is 52.2 Å². The van der Waals surface area contributed by atoms with E-state index >= 15 is 0 Å². The maximum absolute atomic E-state index is 14.5. The van der Waals surface area contributed by atoms with Crippen LogP contribution in [0.2, 0.25) is 0 Å². The molecule has 266 valence electrons.